The van der Waals surface area contributed by atoms with Gasteiger partial charge in [0.2, 0.25) is 0 Å². The molecular formula is C17H29N5O2. The molecule has 3 rings (SSSR count). The molecule has 3 heterocycles. The lowest BCUT2D eigenvalue weighted by Gasteiger charge is -2.40. The zero-order valence-corrected chi connectivity index (χ0v) is 14.7. The molecule has 7 nitrogen and oxygen atoms in total. The van der Waals surface area contributed by atoms with E-state index < -0.39 is 0 Å². The molecule has 2 aliphatic heterocycles. The van der Waals surface area contributed by atoms with E-state index in [0.29, 0.717) is 18.5 Å². The van der Waals surface area contributed by atoms with Crippen molar-refractivity contribution in [1.29, 1.82) is 0 Å². The van der Waals surface area contributed by atoms with Crippen LogP contribution in [0.1, 0.15) is 37.9 Å². The van der Waals surface area contributed by atoms with E-state index >= 15 is 0 Å². The summed E-state index contributed by atoms with van der Waals surface area (Å²) in [6, 6.07) is 0.363. The van der Waals surface area contributed by atoms with Crippen LogP contribution in [0.4, 0.5) is 4.79 Å². The third kappa shape index (κ3) is 3.89. The lowest BCUT2D eigenvalue weighted by molar-refractivity contribution is -0.0274. The standard InChI is InChI=1S/C17H29N5O2/c1-3-15-12-21(2)6-7-22(15)17(23)18-9-13-5-4-8-24-16(13)14-10-19-20-11-14/h10-11,13,15-16H,3-9,12H2,1-2H3,(H,18,23)(H,19,20)/t13-,15?,16+/m0/s1. The summed E-state index contributed by atoms with van der Waals surface area (Å²) in [5.74, 6) is 0.299. The van der Waals surface area contributed by atoms with Gasteiger partial charge in [-0.25, -0.2) is 4.79 Å². The molecule has 0 bridgehead atoms. The first-order valence-corrected chi connectivity index (χ1v) is 9.02. The molecule has 2 amide bonds. The summed E-state index contributed by atoms with van der Waals surface area (Å²) in [7, 11) is 2.12. The molecule has 1 aromatic heterocycles. The summed E-state index contributed by atoms with van der Waals surface area (Å²) in [4.78, 5) is 16.9. The van der Waals surface area contributed by atoms with Crippen LogP contribution in [0.2, 0.25) is 0 Å². The van der Waals surface area contributed by atoms with Gasteiger partial charge in [0, 0.05) is 56.5 Å². The Kier molecular flexibility index (Phi) is 5.73. The van der Waals surface area contributed by atoms with E-state index in [-0.39, 0.29) is 12.1 Å². The van der Waals surface area contributed by atoms with Crippen molar-refractivity contribution in [3.63, 3.8) is 0 Å². The minimum atomic E-state index is 0.0206. The number of aromatic nitrogens is 2. The maximum atomic E-state index is 12.6. The Balaban J connectivity index is 1.56. The normalized spacial score (nSPS) is 28.8. The molecule has 0 saturated carbocycles. The van der Waals surface area contributed by atoms with E-state index in [4.69, 9.17) is 4.74 Å². The first kappa shape index (κ1) is 17.2. The highest BCUT2D eigenvalue weighted by molar-refractivity contribution is 5.74. The Bertz CT molecular complexity index is 521. The number of likely N-dealkylation sites (N-methyl/N-ethyl adjacent to an activating group) is 1. The molecule has 2 N–H and O–H groups in total. The van der Waals surface area contributed by atoms with Crippen molar-refractivity contribution in [2.75, 3.05) is 39.8 Å². The van der Waals surface area contributed by atoms with Gasteiger partial charge >= 0.3 is 6.03 Å². The Labute approximate surface area is 143 Å². The third-order valence-electron chi connectivity index (χ3n) is 5.23. The van der Waals surface area contributed by atoms with Crippen LogP contribution in [-0.2, 0) is 4.74 Å². The van der Waals surface area contributed by atoms with E-state index in [2.05, 4.69) is 34.4 Å². The molecule has 134 valence electrons. The number of H-pyrrole nitrogens is 1. The molecule has 24 heavy (non-hydrogen) atoms. The zero-order valence-electron chi connectivity index (χ0n) is 14.7. The molecule has 0 radical (unpaired) electrons. The van der Waals surface area contributed by atoms with Crippen molar-refractivity contribution >= 4 is 6.03 Å². The number of urea groups is 1. The Morgan fingerprint density at radius 1 is 1.50 bits per heavy atom. The first-order valence-electron chi connectivity index (χ1n) is 9.02. The van der Waals surface area contributed by atoms with Crippen molar-refractivity contribution in [2.24, 2.45) is 5.92 Å². The van der Waals surface area contributed by atoms with Crippen LogP contribution >= 0.6 is 0 Å². The third-order valence-corrected chi connectivity index (χ3v) is 5.23. The van der Waals surface area contributed by atoms with Crippen molar-refractivity contribution < 1.29 is 9.53 Å². The number of nitrogens with zero attached hydrogens (tertiary/aromatic N) is 3. The van der Waals surface area contributed by atoms with Gasteiger partial charge < -0.3 is 19.9 Å². The average molecular weight is 335 g/mol. The Hall–Kier alpha value is -1.60. The second-order valence-corrected chi connectivity index (χ2v) is 6.93. The molecule has 0 aliphatic carbocycles. The molecule has 2 saturated heterocycles. The molecular weight excluding hydrogens is 306 g/mol. The van der Waals surface area contributed by atoms with E-state index in [1.54, 1.807) is 0 Å². The van der Waals surface area contributed by atoms with Gasteiger partial charge in [0.05, 0.1) is 12.3 Å². The van der Waals surface area contributed by atoms with Gasteiger partial charge in [0.25, 0.3) is 0 Å². The number of nitrogens with one attached hydrogen (secondary N) is 2. The van der Waals surface area contributed by atoms with Crippen LogP contribution < -0.4 is 5.32 Å². The van der Waals surface area contributed by atoms with E-state index in [0.717, 1.165) is 51.1 Å². The van der Waals surface area contributed by atoms with Gasteiger partial charge in [-0.1, -0.05) is 6.92 Å². The fourth-order valence-electron chi connectivity index (χ4n) is 3.78. The predicted molar refractivity (Wildman–Crippen MR) is 91.7 cm³/mol. The molecule has 7 heteroatoms. The van der Waals surface area contributed by atoms with Crippen LogP contribution in [0.3, 0.4) is 0 Å². The highest BCUT2D eigenvalue weighted by Crippen LogP contribution is 2.32. The maximum absolute atomic E-state index is 12.6. The van der Waals surface area contributed by atoms with E-state index in [9.17, 15) is 4.79 Å². The molecule has 0 aromatic carbocycles. The van der Waals surface area contributed by atoms with Gasteiger partial charge in [-0.05, 0) is 26.3 Å². The monoisotopic (exact) mass is 335 g/mol. The van der Waals surface area contributed by atoms with E-state index in [1.165, 1.54) is 0 Å². The molecule has 1 aromatic rings. The second kappa shape index (κ2) is 7.98. The van der Waals surface area contributed by atoms with Crippen LogP contribution in [0.5, 0.6) is 0 Å². The molecule has 0 spiro atoms. The van der Waals surface area contributed by atoms with Gasteiger partial charge in [0.1, 0.15) is 0 Å². The number of carbonyl (C=O) groups excluding carboxylic acids is 1. The van der Waals surface area contributed by atoms with Crippen molar-refractivity contribution in [1.82, 2.24) is 25.3 Å². The van der Waals surface area contributed by atoms with Crippen molar-refractivity contribution in [3.05, 3.63) is 18.0 Å². The van der Waals surface area contributed by atoms with Gasteiger partial charge in [-0.2, -0.15) is 5.10 Å². The Morgan fingerprint density at radius 2 is 2.38 bits per heavy atom. The number of hydrogen-bond donors (Lipinski definition) is 2. The average Bonchev–Trinajstić information content (AvgIpc) is 3.14. The lowest BCUT2D eigenvalue weighted by atomic mass is 9.91. The minimum Gasteiger partial charge on any atom is -0.373 e. The Morgan fingerprint density at radius 3 is 3.12 bits per heavy atom. The predicted octanol–water partition coefficient (Wildman–Crippen LogP) is 1.61. The summed E-state index contributed by atoms with van der Waals surface area (Å²) in [6.45, 7) is 6.26. The maximum Gasteiger partial charge on any atom is 0.317 e. The largest absolute Gasteiger partial charge is 0.373 e. The number of carbonyl (C=O) groups is 1. The molecule has 2 aliphatic rings. The topological polar surface area (TPSA) is 73.5 Å². The zero-order chi connectivity index (χ0) is 16.9. The number of rotatable bonds is 4. The highest BCUT2D eigenvalue weighted by atomic mass is 16.5. The van der Waals surface area contributed by atoms with Crippen molar-refractivity contribution in [3.8, 4) is 0 Å². The van der Waals surface area contributed by atoms with Crippen LogP contribution in [0, 0.1) is 5.92 Å². The summed E-state index contributed by atoms with van der Waals surface area (Å²) >= 11 is 0. The van der Waals surface area contributed by atoms with Gasteiger partial charge in [-0.3, -0.25) is 5.10 Å². The van der Waals surface area contributed by atoms with Crippen LogP contribution in [0.15, 0.2) is 12.4 Å². The number of piperazine rings is 1. The van der Waals surface area contributed by atoms with Crippen molar-refractivity contribution in [2.45, 2.75) is 38.3 Å². The van der Waals surface area contributed by atoms with Gasteiger partial charge in [-0.15, -0.1) is 0 Å². The number of ether oxygens (including phenoxy) is 1. The van der Waals surface area contributed by atoms with Gasteiger partial charge in [0.15, 0.2) is 0 Å². The lowest BCUT2D eigenvalue weighted by Crippen LogP contribution is -2.57. The molecule has 2 fully saturated rings. The number of aromatic amines is 1. The fraction of sp³-hybridized carbons (Fsp3) is 0.765. The quantitative estimate of drug-likeness (QED) is 0.877. The first-order chi connectivity index (χ1) is 11.7. The molecule has 3 atom stereocenters. The summed E-state index contributed by atoms with van der Waals surface area (Å²) in [5.41, 5.74) is 1.07. The number of hydrogen-bond acceptors (Lipinski definition) is 4. The summed E-state index contributed by atoms with van der Waals surface area (Å²) < 4.78 is 5.94. The smallest absolute Gasteiger partial charge is 0.317 e. The second-order valence-electron chi connectivity index (χ2n) is 6.93. The fourth-order valence-corrected chi connectivity index (χ4v) is 3.78. The molecule has 1 unspecified atom stereocenters. The SMILES string of the molecule is CCC1CN(C)CCN1C(=O)NC[C@@H]1CCCO[C@H]1c1cn[nH]c1. The highest BCUT2D eigenvalue weighted by Gasteiger charge is 2.31. The van der Waals surface area contributed by atoms with Crippen LogP contribution in [0.25, 0.3) is 0 Å². The number of amides is 2. The minimum absolute atomic E-state index is 0.0206. The summed E-state index contributed by atoms with van der Waals surface area (Å²) in [6.07, 6.45) is 6.82. The summed E-state index contributed by atoms with van der Waals surface area (Å²) in [5, 5.41) is 10.0. The van der Waals surface area contributed by atoms with Crippen LogP contribution in [-0.4, -0.2) is 71.9 Å². The van der Waals surface area contributed by atoms with E-state index in [1.807, 2.05) is 17.3 Å².